The first-order valence-corrected chi connectivity index (χ1v) is 5.32. The molecule has 0 aromatic heterocycles. The summed E-state index contributed by atoms with van der Waals surface area (Å²) in [5.41, 5.74) is 7.70. The Morgan fingerprint density at radius 2 is 1.54 bits per heavy atom. The number of aliphatic hydroxyl groups excluding tert-OH is 1. The van der Waals surface area contributed by atoms with Crippen LogP contribution in [0.25, 0.3) is 0 Å². The van der Waals surface area contributed by atoms with Crippen molar-refractivity contribution in [2.45, 2.75) is 59.1 Å². The van der Waals surface area contributed by atoms with Crippen molar-refractivity contribution in [3.8, 4) is 0 Å². The molecule has 2 atom stereocenters. The van der Waals surface area contributed by atoms with Crippen LogP contribution in [0.4, 0.5) is 0 Å². The fourth-order valence-electron chi connectivity index (χ4n) is 1.37. The Morgan fingerprint density at radius 1 is 1.00 bits per heavy atom. The van der Waals surface area contributed by atoms with Crippen molar-refractivity contribution < 1.29 is 5.11 Å². The summed E-state index contributed by atoms with van der Waals surface area (Å²) in [6, 6.07) is -0.293. The molecule has 13 heavy (non-hydrogen) atoms. The number of nitrogens with one attached hydrogen (secondary N) is 1. The monoisotopic (exact) mass is 186 g/mol. The molecule has 1 radical (unpaired) electrons. The summed E-state index contributed by atoms with van der Waals surface area (Å²) < 4.78 is 0. The van der Waals surface area contributed by atoms with E-state index >= 15 is 0 Å². The van der Waals surface area contributed by atoms with Gasteiger partial charge in [-0.1, -0.05) is 27.7 Å². The summed E-state index contributed by atoms with van der Waals surface area (Å²) in [5, 5.41) is 9.63. The second-order valence-electron chi connectivity index (χ2n) is 4.77. The molecule has 0 spiro atoms. The van der Waals surface area contributed by atoms with Crippen molar-refractivity contribution in [3.63, 3.8) is 0 Å². The zero-order chi connectivity index (χ0) is 10.4. The van der Waals surface area contributed by atoms with Gasteiger partial charge in [-0.25, -0.2) is 0 Å². The van der Waals surface area contributed by atoms with Crippen LogP contribution in [0.2, 0.25) is 0 Å². The topological polar surface area (TPSA) is 44.0 Å². The quantitative estimate of drug-likeness (QED) is 0.680. The molecule has 2 nitrogen and oxygen atoms in total. The summed E-state index contributed by atoms with van der Waals surface area (Å²) in [6.45, 7) is 8.48. The molecule has 2 N–H and O–H groups in total. The SMILES string of the molecule is CC(C)CCC(O)C([NH])CC(C)C. The van der Waals surface area contributed by atoms with Gasteiger partial charge in [0.1, 0.15) is 0 Å². The van der Waals surface area contributed by atoms with E-state index in [-0.39, 0.29) is 6.04 Å². The van der Waals surface area contributed by atoms with Crippen LogP contribution < -0.4 is 5.73 Å². The van der Waals surface area contributed by atoms with Gasteiger partial charge in [-0.2, -0.15) is 0 Å². The van der Waals surface area contributed by atoms with Crippen LogP contribution in [0.3, 0.4) is 0 Å². The predicted octanol–water partition coefficient (Wildman–Crippen LogP) is 2.48. The fraction of sp³-hybridized carbons (Fsp3) is 1.00. The second-order valence-corrected chi connectivity index (χ2v) is 4.77. The van der Waals surface area contributed by atoms with Crippen LogP contribution in [0.15, 0.2) is 0 Å². The minimum atomic E-state index is -0.426. The second kappa shape index (κ2) is 6.39. The molecule has 0 saturated carbocycles. The molecule has 0 aliphatic carbocycles. The highest BCUT2D eigenvalue weighted by atomic mass is 16.3. The van der Waals surface area contributed by atoms with Gasteiger partial charge in [0.2, 0.25) is 0 Å². The molecule has 0 rings (SSSR count). The summed E-state index contributed by atoms with van der Waals surface area (Å²) in [5.74, 6) is 1.14. The van der Waals surface area contributed by atoms with Gasteiger partial charge in [0, 0.05) is 6.04 Å². The van der Waals surface area contributed by atoms with Crippen LogP contribution in [0, 0.1) is 11.8 Å². The maximum absolute atomic E-state index is 9.63. The Balaban J connectivity index is 3.62. The van der Waals surface area contributed by atoms with Crippen molar-refractivity contribution in [3.05, 3.63) is 0 Å². The minimum absolute atomic E-state index is 0.293. The lowest BCUT2D eigenvalue weighted by atomic mass is 9.95. The summed E-state index contributed by atoms with van der Waals surface area (Å²) in [6.07, 6.45) is 2.18. The molecule has 0 aromatic rings. The third kappa shape index (κ3) is 7.03. The molecule has 0 fully saturated rings. The van der Waals surface area contributed by atoms with Crippen LogP contribution >= 0.6 is 0 Å². The average molecular weight is 186 g/mol. The first-order chi connectivity index (χ1) is 5.93. The summed E-state index contributed by atoms with van der Waals surface area (Å²) in [7, 11) is 0. The Kier molecular flexibility index (Phi) is 6.35. The molecule has 0 aromatic carbocycles. The summed E-state index contributed by atoms with van der Waals surface area (Å²) in [4.78, 5) is 0. The third-order valence-electron chi connectivity index (χ3n) is 2.23. The van der Waals surface area contributed by atoms with Gasteiger partial charge in [0.25, 0.3) is 0 Å². The van der Waals surface area contributed by atoms with Gasteiger partial charge in [0.05, 0.1) is 6.10 Å². The van der Waals surface area contributed by atoms with E-state index in [2.05, 4.69) is 27.7 Å². The number of aliphatic hydroxyl groups is 1. The molecule has 2 heteroatoms. The van der Waals surface area contributed by atoms with Crippen LogP contribution in [0.1, 0.15) is 47.0 Å². The Hall–Kier alpha value is -0.0800. The highest BCUT2D eigenvalue weighted by molar-refractivity contribution is 4.72. The average Bonchev–Trinajstić information content (AvgIpc) is 1.98. The van der Waals surface area contributed by atoms with E-state index in [0.717, 1.165) is 19.3 Å². The number of rotatable bonds is 6. The van der Waals surface area contributed by atoms with Crippen LogP contribution in [-0.4, -0.2) is 17.3 Å². The maximum atomic E-state index is 9.63. The Bertz CT molecular complexity index is 123. The molecule has 0 aliphatic rings. The highest BCUT2D eigenvalue weighted by Crippen LogP contribution is 2.13. The number of hydrogen-bond acceptors (Lipinski definition) is 1. The van der Waals surface area contributed by atoms with E-state index in [1.807, 2.05) is 0 Å². The minimum Gasteiger partial charge on any atom is -0.391 e. The zero-order valence-corrected chi connectivity index (χ0v) is 9.38. The van der Waals surface area contributed by atoms with Gasteiger partial charge in [-0.05, 0) is 31.1 Å². The largest absolute Gasteiger partial charge is 0.391 e. The third-order valence-corrected chi connectivity index (χ3v) is 2.23. The Morgan fingerprint density at radius 3 is 1.92 bits per heavy atom. The van der Waals surface area contributed by atoms with Crippen molar-refractivity contribution in [1.82, 2.24) is 5.73 Å². The van der Waals surface area contributed by atoms with E-state index in [0.29, 0.717) is 11.8 Å². The van der Waals surface area contributed by atoms with Gasteiger partial charge >= 0.3 is 0 Å². The first kappa shape index (κ1) is 12.9. The molecular formula is C11H24NO. The lowest BCUT2D eigenvalue weighted by Crippen LogP contribution is -2.29. The molecule has 0 bridgehead atoms. The van der Waals surface area contributed by atoms with E-state index in [9.17, 15) is 5.11 Å². The smallest absolute Gasteiger partial charge is 0.0706 e. The molecule has 2 unspecified atom stereocenters. The van der Waals surface area contributed by atoms with Gasteiger partial charge in [0.15, 0.2) is 0 Å². The van der Waals surface area contributed by atoms with Crippen molar-refractivity contribution >= 4 is 0 Å². The van der Waals surface area contributed by atoms with Crippen LogP contribution in [-0.2, 0) is 0 Å². The van der Waals surface area contributed by atoms with Gasteiger partial charge < -0.3 is 5.11 Å². The predicted molar refractivity (Wildman–Crippen MR) is 56.4 cm³/mol. The molecule has 0 saturated heterocycles. The van der Waals surface area contributed by atoms with Crippen molar-refractivity contribution in [2.75, 3.05) is 0 Å². The lowest BCUT2D eigenvalue weighted by Gasteiger charge is -2.20. The van der Waals surface area contributed by atoms with E-state index in [1.165, 1.54) is 0 Å². The fourth-order valence-corrected chi connectivity index (χ4v) is 1.37. The highest BCUT2D eigenvalue weighted by Gasteiger charge is 2.16. The van der Waals surface area contributed by atoms with Crippen LogP contribution in [0.5, 0.6) is 0 Å². The zero-order valence-electron chi connectivity index (χ0n) is 9.38. The van der Waals surface area contributed by atoms with E-state index in [1.54, 1.807) is 0 Å². The normalized spacial score (nSPS) is 16.6. The van der Waals surface area contributed by atoms with E-state index < -0.39 is 6.10 Å². The first-order valence-electron chi connectivity index (χ1n) is 5.32. The maximum Gasteiger partial charge on any atom is 0.0706 e. The number of hydrogen-bond donors (Lipinski definition) is 1. The standard InChI is InChI=1S/C11H24NO/c1-8(2)5-6-11(13)10(12)7-9(3)4/h8-13H,5-7H2,1-4H3. The molecular weight excluding hydrogens is 162 g/mol. The molecule has 0 heterocycles. The van der Waals surface area contributed by atoms with Crippen molar-refractivity contribution in [2.24, 2.45) is 11.8 Å². The lowest BCUT2D eigenvalue weighted by molar-refractivity contribution is 0.116. The van der Waals surface area contributed by atoms with E-state index in [4.69, 9.17) is 5.73 Å². The Labute approximate surface area is 82.5 Å². The molecule has 0 amide bonds. The molecule has 79 valence electrons. The van der Waals surface area contributed by atoms with Crippen molar-refractivity contribution in [1.29, 1.82) is 0 Å². The van der Waals surface area contributed by atoms with Gasteiger partial charge in [-0.15, -0.1) is 0 Å². The summed E-state index contributed by atoms with van der Waals surface area (Å²) >= 11 is 0. The van der Waals surface area contributed by atoms with Gasteiger partial charge in [-0.3, -0.25) is 5.73 Å². The molecule has 0 aliphatic heterocycles.